The van der Waals surface area contributed by atoms with Crippen molar-refractivity contribution in [2.24, 2.45) is 0 Å². The fourth-order valence-electron chi connectivity index (χ4n) is 2.67. The van der Waals surface area contributed by atoms with Crippen molar-refractivity contribution in [3.05, 3.63) is 70.4 Å². The number of benzene rings is 2. The zero-order chi connectivity index (χ0) is 18.7. The Bertz CT molecular complexity index is 948. The van der Waals surface area contributed by atoms with Gasteiger partial charge in [0.25, 0.3) is 5.69 Å². The van der Waals surface area contributed by atoms with Gasteiger partial charge in [0.05, 0.1) is 4.92 Å². The van der Waals surface area contributed by atoms with Crippen LogP contribution in [0.3, 0.4) is 0 Å². The second-order valence-electron chi connectivity index (χ2n) is 7.00. The number of nitrogens with zero attached hydrogens (tertiary/aromatic N) is 2. The van der Waals surface area contributed by atoms with Gasteiger partial charge in [-0.25, -0.2) is 4.98 Å². The summed E-state index contributed by atoms with van der Waals surface area (Å²) in [7, 11) is 0. The Morgan fingerprint density at radius 2 is 1.92 bits per heavy atom. The Hall–Kier alpha value is -3.15. The van der Waals surface area contributed by atoms with Crippen molar-refractivity contribution in [1.82, 2.24) is 4.98 Å². The summed E-state index contributed by atoms with van der Waals surface area (Å²) in [5, 5.41) is 16.0. The molecule has 6 heteroatoms. The van der Waals surface area contributed by atoms with Crippen LogP contribution in [-0.2, 0) is 6.54 Å². The van der Waals surface area contributed by atoms with E-state index in [-0.39, 0.29) is 11.3 Å². The van der Waals surface area contributed by atoms with Gasteiger partial charge in [-0.1, -0.05) is 18.2 Å². The predicted octanol–water partition coefficient (Wildman–Crippen LogP) is 4.93. The van der Waals surface area contributed by atoms with Crippen LogP contribution in [0, 0.1) is 10.1 Å². The molecule has 0 aliphatic rings. The Kier molecular flexibility index (Phi) is 4.75. The maximum Gasteiger partial charge on any atom is 0.270 e. The lowest BCUT2D eigenvalue weighted by Gasteiger charge is -2.23. The number of hydrogen-bond acceptors (Lipinski definition) is 5. The standard InChI is InChI=1S/C20H21N3O3/c1-20(2,3)26-18-7-5-4-6-15(18)13-22-19-17-12-16(23(24)25)9-8-14(17)10-11-21-19/h4-12H,13H2,1-3H3,(H,21,22). The molecule has 134 valence electrons. The van der Waals surface area contributed by atoms with Crippen LogP contribution in [0.25, 0.3) is 10.8 Å². The van der Waals surface area contributed by atoms with E-state index >= 15 is 0 Å². The number of rotatable bonds is 5. The fourth-order valence-corrected chi connectivity index (χ4v) is 2.67. The van der Waals surface area contributed by atoms with Crippen molar-refractivity contribution in [1.29, 1.82) is 0 Å². The molecule has 26 heavy (non-hydrogen) atoms. The van der Waals surface area contributed by atoms with Gasteiger partial charge in [0.15, 0.2) is 0 Å². The number of hydrogen-bond donors (Lipinski definition) is 1. The number of pyridine rings is 1. The molecule has 3 aromatic rings. The van der Waals surface area contributed by atoms with Crippen molar-refractivity contribution in [2.45, 2.75) is 32.9 Å². The number of nitrogens with one attached hydrogen (secondary N) is 1. The Balaban J connectivity index is 1.89. The molecule has 1 aromatic heterocycles. The van der Waals surface area contributed by atoms with E-state index in [2.05, 4.69) is 10.3 Å². The second-order valence-corrected chi connectivity index (χ2v) is 7.00. The van der Waals surface area contributed by atoms with E-state index in [9.17, 15) is 10.1 Å². The highest BCUT2D eigenvalue weighted by Crippen LogP contribution is 2.28. The second kappa shape index (κ2) is 7.00. The molecule has 0 atom stereocenters. The third-order valence-electron chi connectivity index (χ3n) is 3.80. The van der Waals surface area contributed by atoms with Gasteiger partial charge in [-0.15, -0.1) is 0 Å². The number of ether oxygens (including phenoxy) is 1. The number of para-hydroxylation sites is 1. The van der Waals surface area contributed by atoms with E-state index in [1.165, 1.54) is 6.07 Å². The number of non-ortho nitro benzene ring substituents is 1. The first-order chi connectivity index (χ1) is 12.3. The van der Waals surface area contributed by atoms with E-state index in [1.54, 1.807) is 18.3 Å². The first-order valence-corrected chi connectivity index (χ1v) is 8.37. The first-order valence-electron chi connectivity index (χ1n) is 8.37. The molecule has 0 spiro atoms. The molecular formula is C20H21N3O3. The van der Waals surface area contributed by atoms with Crippen LogP contribution in [0.4, 0.5) is 11.5 Å². The molecule has 2 aromatic carbocycles. The van der Waals surface area contributed by atoms with E-state index in [0.29, 0.717) is 12.4 Å². The number of anilines is 1. The third kappa shape index (κ3) is 4.08. The quantitative estimate of drug-likeness (QED) is 0.521. The summed E-state index contributed by atoms with van der Waals surface area (Å²) in [5.41, 5.74) is 0.741. The number of aromatic nitrogens is 1. The molecule has 1 heterocycles. The van der Waals surface area contributed by atoms with E-state index in [4.69, 9.17) is 4.74 Å². The fraction of sp³-hybridized carbons (Fsp3) is 0.250. The maximum atomic E-state index is 11.1. The molecule has 1 N–H and O–H groups in total. The van der Waals surface area contributed by atoms with Crippen molar-refractivity contribution in [2.75, 3.05) is 5.32 Å². The van der Waals surface area contributed by atoms with Crippen molar-refractivity contribution >= 4 is 22.3 Å². The lowest BCUT2D eigenvalue weighted by molar-refractivity contribution is -0.384. The van der Waals surface area contributed by atoms with Gasteiger partial charge in [0, 0.05) is 35.8 Å². The molecule has 0 bridgehead atoms. The molecule has 0 unspecified atom stereocenters. The summed E-state index contributed by atoms with van der Waals surface area (Å²) in [4.78, 5) is 15.0. The Morgan fingerprint density at radius 1 is 1.15 bits per heavy atom. The van der Waals surface area contributed by atoms with Gasteiger partial charge in [-0.05, 0) is 44.4 Å². The zero-order valence-corrected chi connectivity index (χ0v) is 15.0. The van der Waals surface area contributed by atoms with Gasteiger partial charge in [0.1, 0.15) is 17.2 Å². The van der Waals surface area contributed by atoms with Gasteiger partial charge in [0.2, 0.25) is 0 Å². The van der Waals surface area contributed by atoms with E-state index in [1.807, 2.05) is 51.1 Å². The average Bonchev–Trinajstić information content (AvgIpc) is 2.59. The smallest absolute Gasteiger partial charge is 0.270 e. The largest absolute Gasteiger partial charge is 0.488 e. The summed E-state index contributed by atoms with van der Waals surface area (Å²) < 4.78 is 6.01. The summed E-state index contributed by atoms with van der Waals surface area (Å²) >= 11 is 0. The highest BCUT2D eigenvalue weighted by Gasteiger charge is 2.15. The third-order valence-corrected chi connectivity index (χ3v) is 3.80. The first kappa shape index (κ1) is 17.7. The topological polar surface area (TPSA) is 77.3 Å². The van der Waals surface area contributed by atoms with Crippen molar-refractivity contribution in [3.63, 3.8) is 0 Å². The van der Waals surface area contributed by atoms with Crippen LogP contribution in [-0.4, -0.2) is 15.5 Å². The molecule has 0 amide bonds. The minimum Gasteiger partial charge on any atom is -0.488 e. The molecule has 0 fully saturated rings. The van der Waals surface area contributed by atoms with Crippen LogP contribution >= 0.6 is 0 Å². The molecule has 0 aliphatic carbocycles. The zero-order valence-electron chi connectivity index (χ0n) is 15.0. The van der Waals surface area contributed by atoms with Gasteiger partial charge in [-0.3, -0.25) is 10.1 Å². The van der Waals surface area contributed by atoms with E-state index in [0.717, 1.165) is 22.1 Å². The normalized spacial score (nSPS) is 11.3. The van der Waals surface area contributed by atoms with Crippen LogP contribution in [0.15, 0.2) is 54.7 Å². The molecule has 0 saturated carbocycles. The molecule has 6 nitrogen and oxygen atoms in total. The maximum absolute atomic E-state index is 11.1. The molecule has 0 radical (unpaired) electrons. The minimum atomic E-state index is -0.400. The highest BCUT2D eigenvalue weighted by atomic mass is 16.6. The van der Waals surface area contributed by atoms with Crippen LogP contribution in [0.5, 0.6) is 5.75 Å². The summed E-state index contributed by atoms with van der Waals surface area (Å²) in [5.74, 6) is 1.41. The molecule has 0 aliphatic heterocycles. The average molecular weight is 351 g/mol. The van der Waals surface area contributed by atoms with Crippen LogP contribution < -0.4 is 10.1 Å². The lowest BCUT2D eigenvalue weighted by atomic mass is 10.1. The monoisotopic (exact) mass is 351 g/mol. The summed E-state index contributed by atoms with van der Waals surface area (Å²) in [6.07, 6.45) is 1.69. The highest BCUT2D eigenvalue weighted by molar-refractivity contribution is 5.93. The van der Waals surface area contributed by atoms with Crippen LogP contribution in [0.2, 0.25) is 0 Å². The molecule has 3 rings (SSSR count). The minimum absolute atomic E-state index is 0.0463. The summed E-state index contributed by atoms with van der Waals surface area (Å²) in [6, 6.07) is 14.4. The van der Waals surface area contributed by atoms with Crippen molar-refractivity contribution < 1.29 is 9.66 Å². The number of nitro benzene ring substituents is 1. The Labute approximate surface area is 152 Å². The Morgan fingerprint density at radius 3 is 2.65 bits per heavy atom. The molecule has 0 saturated heterocycles. The lowest BCUT2D eigenvalue weighted by Crippen LogP contribution is -2.23. The van der Waals surface area contributed by atoms with Gasteiger partial charge >= 0.3 is 0 Å². The van der Waals surface area contributed by atoms with Gasteiger partial charge in [-0.2, -0.15) is 0 Å². The number of fused-ring (bicyclic) bond motifs is 1. The number of nitro groups is 1. The predicted molar refractivity (Wildman–Crippen MR) is 103 cm³/mol. The van der Waals surface area contributed by atoms with Gasteiger partial charge < -0.3 is 10.1 Å². The van der Waals surface area contributed by atoms with Crippen molar-refractivity contribution in [3.8, 4) is 5.75 Å². The van der Waals surface area contributed by atoms with Crippen LogP contribution in [0.1, 0.15) is 26.3 Å². The summed E-state index contributed by atoms with van der Waals surface area (Å²) in [6.45, 7) is 6.51. The SMILES string of the molecule is CC(C)(C)Oc1ccccc1CNc1nccc2ccc([N+](=O)[O-])cc12. The molecular weight excluding hydrogens is 330 g/mol. The van der Waals surface area contributed by atoms with E-state index < -0.39 is 4.92 Å².